The second-order valence-corrected chi connectivity index (χ2v) is 36.3. The van der Waals surface area contributed by atoms with E-state index in [9.17, 15) is 0 Å². The van der Waals surface area contributed by atoms with Crippen LogP contribution in [0.5, 0.6) is 0 Å². The van der Waals surface area contributed by atoms with Crippen molar-refractivity contribution in [3.8, 4) is 77.9 Å². The molecule has 0 heterocycles. The van der Waals surface area contributed by atoms with E-state index >= 15 is 0 Å². The van der Waals surface area contributed by atoms with Gasteiger partial charge in [0.1, 0.15) is 0 Å². The highest BCUT2D eigenvalue weighted by molar-refractivity contribution is 6.45. The monoisotopic (exact) mass is 1590 g/mol. The number of aryl methyl sites for hydroxylation is 6. The molecule has 0 saturated carbocycles. The summed E-state index contributed by atoms with van der Waals surface area (Å²) in [5.74, 6) is 0. The molecule has 0 radical (unpaired) electrons. The topological polar surface area (TPSA) is 0 Å². The molecule has 1 aliphatic carbocycles. The van der Waals surface area contributed by atoms with Crippen LogP contribution in [0.4, 0.5) is 0 Å². The molecule has 0 spiro atoms. The standard InChI is InChI=1S/2C44H28.C38H24/c1-25-17-30-18-26(2)20-37-34-24-40-35(23-33(34)36(19-25)41(30)37)39-22-29(27-11-5-3-6-12-27)21-38-31-15-9-10-16-32(31)44(43(38)39)42(40)28-13-7-4-8-14-28;1-25-19-29-20-26(2)22-41-39-24-37-35-16-14-31(28-11-7-4-8-12-28)33-18-17-32-30(27-9-5-3-6-10-27)13-15-34(43(32)44(33)35)36(37)23-38(39)40(21-25)42(29)41;1-21-15-24-16-22(2)18-33-31-20-34-29(19-30(31)32(17-21)35(24)33)28-14-8-13-26-25-11-6-7-12-27(25)38(37(26)28)36(34)23-9-4-3-5-10-23/h2*3-24H,1-2H3;3-20H,1-2H3. The zero-order valence-corrected chi connectivity index (χ0v) is 70.8. The van der Waals surface area contributed by atoms with Crippen molar-refractivity contribution in [1.29, 1.82) is 0 Å². The molecule has 0 bridgehead atoms. The Bertz CT molecular complexity index is 9340. The molecule has 28 aromatic rings. The van der Waals surface area contributed by atoms with Gasteiger partial charge in [-0.25, -0.2) is 0 Å². The molecule has 0 atom stereocenters. The van der Waals surface area contributed by atoms with Crippen LogP contribution in [0.1, 0.15) is 33.4 Å². The van der Waals surface area contributed by atoms with Crippen molar-refractivity contribution >= 4 is 205 Å². The molecule has 584 valence electrons. The van der Waals surface area contributed by atoms with Crippen molar-refractivity contribution in [2.45, 2.75) is 41.5 Å². The van der Waals surface area contributed by atoms with E-state index in [0.29, 0.717) is 0 Å². The van der Waals surface area contributed by atoms with Crippen LogP contribution in [0.25, 0.3) is 283 Å². The van der Waals surface area contributed by atoms with Crippen molar-refractivity contribution in [3.63, 3.8) is 0 Å². The maximum Gasteiger partial charge on any atom is -0.000785 e. The summed E-state index contributed by atoms with van der Waals surface area (Å²) in [6.07, 6.45) is 0. The lowest BCUT2D eigenvalue weighted by Gasteiger charge is -2.20. The Balaban J connectivity index is 0.0000000986. The van der Waals surface area contributed by atoms with Gasteiger partial charge in [0.15, 0.2) is 0 Å². The number of rotatable bonds is 5. The van der Waals surface area contributed by atoms with Gasteiger partial charge >= 0.3 is 0 Å². The van der Waals surface area contributed by atoms with Crippen LogP contribution in [-0.4, -0.2) is 0 Å². The first-order valence-electron chi connectivity index (χ1n) is 44.5. The average Bonchev–Trinajstić information content (AvgIpc) is 1.32. The Morgan fingerprint density at radius 3 is 0.794 bits per heavy atom. The SMILES string of the molecule is Cc1cc2c3c(cc(C)cc3c1)-c1cc3c(cc1-2)c1ccc(-c2ccccc2)c2ccc4c(-c5ccccc5)ccc3c4c21.Cc1cc2cc(C)cc3c4cc5c(cc4c(c1)c23)c(-c1ccccc1)c1c2ccccc2c2cc(-c3ccccc3)cc5c21.Cc1cc2cc(C)cc3c4cc5c(cc4c(c1)c23)c(-c1ccccc1)c1c2ccccc2c2cccc5c21. The number of fused-ring (bicyclic) bond motifs is 22. The molecule has 0 unspecified atom stereocenters. The molecule has 29 rings (SSSR count). The average molecular weight is 1590 g/mol. The van der Waals surface area contributed by atoms with Crippen LogP contribution >= 0.6 is 0 Å². The summed E-state index contributed by atoms with van der Waals surface area (Å²) in [5, 5.41) is 51.4. The quantitative estimate of drug-likeness (QED) is 0.119. The summed E-state index contributed by atoms with van der Waals surface area (Å²) >= 11 is 0. The molecule has 0 amide bonds. The molecular formula is C126H80. The molecule has 0 fully saturated rings. The number of benzene rings is 24. The van der Waals surface area contributed by atoms with Crippen LogP contribution in [-0.2, 0) is 0 Å². The first kappa shape index (κ1) is 71.0. The fourth-order valence-corrected chi connectivity index (χ4v) is 23.8. The fourth-order valence-electron chi connectivity index (χ4n) is 23.8. The third-order valence-corrected chi connectivity index (χ3v) is 28.7. The van der Waals surface area contributed by atoms with Crippen LogP contribution < -0.4 is 0 Å². The summed E-state index contributed by atoms with van der Waals surface area (Å²) in [6, 6.07) is 142. The smallest absolute Gasteiger partial charge is 0.000785 e. The molecule has 0 heteroatoms. The Morgan fingerprint density at radius 1 is 0.111 bits per heavy atom. The second-order valence-electron chi connectivity index (χ2n) is 36.3. The molecule has 0 saturated heterocycles. The highest BCUT2D eigenvalue weighted by atomic mass is 14.3. The summed E-state index contributed by atoms with van der Waals surface area (Å²) in [6.45, 7) is 13.3. The van der Waals surface area contributed by atoms with Gasteiger partial charge in [-0.15, -0.1) is 0 Å². The van der Waals surface area contributed by atoms with Gasteiger partial charge in [-0.1, -0.05) is 328 Å². The lowest BCUT2D eigenvalue weighted by atomic mass is 9.83. The van der Waals surface area contributed by atoms with Gasteiger partial charge in [0.25, 0.3) is 0 Å². The van der Waals surface area contributed by atoms with Crippen LogP contribution in [0, 0.1) is 41.5 Å². The van der Waals surface area contributed by atoms with Crippen LogP contribution in [0.3, 0.4) is 0 Å². The largest absolute Gasteiger partial charge is 0.0622 e. The van der Waals surface area contributed by atoms with Gasteiger partial charge in [0, 0.05) is 0 Å². The Labute approximate surface area is 728 Å². The molecule has 126 heavy (non-hydrogen) atoms. The Morgan fingerprint density at radius 2 is 0.373 bits per heavy atom. The normalized spacial score (nSPS) is 12.4. The molecule has 0 N–H and O–H groups in total. The minimum atomic E-state index is 1.25. The predicted octanol–water partition coefficient (Wildman–Crippen LogP) is 36.0. The summed E-state index contributed by atoms with van der Waals surface area (Å²) in [5.41, 5.74) is 26.2. The number of hydrogen-bond acceptors (Lipinski definition) is 0. The van der Waals surface area contributed by atoms with E-state index < -0.39 is 0 Å². The summed E-state index contributed by atoms with van der Waals surface area (Å²) in [7, 11) is 0. The predicted molar refractivity (Wildman–Crippen MR) is 548 cm³/mol. The Kier molecular flexibility index (Phi) is 14.9. The lowest BCUT2D eigenvalue weighted by Crippen LogP contribution is -1.92. The van der Waals surface area contributed by atoms with Gasteiger partial charge in [-0.3, -0.25) is 0 Å². The molecule has 0 nitrogen and oxygen atoms in total. The highest BCUT2D eigenvalue weighted by Crippen LogP contribution is 2.57. The summed E-state index contributed by atoms with van der Waals surface area (Å²) < 4.78 is 0. The van der Waals surface area contributed by atoms with Gasteiger partial charge in [-0.05, 0) is 406 Å². The first-order valence-corrected chi connectivity index (χ1v) is 44.5. The van der Waals surface area contributed by atoms with E-state index in [4.69, 9.17) is 0 Å². The third-order valence-electron chi connectivity index (χ3n) is 28.7. The maximum absolute atomic E-state index is 2.52. The van der Waals surface area contributed by atoms with Crippen molar-refractivity contribution < 1.29 is 0 Å². The van der Waals surface area contributed by atoms with E-state index in [1.165, 1.54) is 316 Å². The molecule has 28 aromatic carbocycles. The van der Waals surface area contributed by atoms with Gasteiger partial charge in [0.2, 0.25) is 0 Å². The van der Waals surface area contributed by atoms with E-state index in [1.807, 2.05) is 0 Å². The minimum Gasteiger partial charge on any atom is -0.0622 e. The van der Waals surface area contributed by atoms with E-state index in [-0.39, 0.29) is 0 Å². The lowest BCUT2D eigenvalue weighted by molar-refractivity contribution is 1.48. The second kappa shape index (κ2) is 26.5. The van der Waals surface area contributed by atoms with Crippen molar-refractivity contribution in [2.75, 3.05) is 0 Å². The van der Waals surface area contributed by atoms with Crippen molar-refractivity contribution in [2.24, 2.45) is 0 Å². The van der Waals surface area contributed by atoms with Gasteiger partial charge < -0.3 is 0 Å². The number of hydrogen-bond donors (Lipinski definition) is 0. The Hall–Kier alpha value is -15.6. The van der Waals surface area contributed by atoms with Crippen molar-refractivity contribution in [1.82, 2.24) is 0 Å². The third kappa shape index (κ3) is 10.1. The molecule has 0 aliphatic heterocycles. The van der Waals surface area contributed by atoms with Crippen LogP contribution in [0.2, 0.25) is 0 Å². The van der Waals surface area contributed by atoms with Gasteiger partial charge in [0.05, 0.1) is 0 Å². The zero-order valence-electron chi connectivity index (χ0n) is 70.8. The van der Waals surface area contributed by atoms with E-state index in [2.05, 4.69) is 418 Å². The molecular weight excluding hydrogens is 1510 g/mol. The molecule has 1 aliphatic rings. The van der Waals surface area contributed by atoms with E-state index in [0.717, 1.165) is 0 Å². The summed E-state index contributed by atoms with van der Waals surface area (Å²) in [4.78, 5) is 0. The van der Waals surface area contributed by atoms with Crippen LogP contribution in [0.15, 0.2) is 376 Å². The van der Waals surface area contributed by atoms with E-state index in [1.54, 1.807) is 0 Å². The maximum atomic E-state index is 2.52. The first-order chi connectivity index (χ1) is 61.9. The zero-order chi connectivity index (χ0) is 83.3. The highest BCUT2D eigenvalue weighted by Gasteiger charge is 2.30. The van der Waals surface area contributed by atoms with Crippen molar-refractivity contribution in [3.05, 3.63) is 409 Å². The van der Waals surface area contributed by atoms with Gasteiger partial charge in [-0.2, -0.15) is 0 Å². The molecule has 0 aromatic heterocycles. The fraction of sp³-hybridized carbons (Fsp3) is 0.0476. The minimum absolute atomic E-state index is 1.25.